The minimum atomic E-state index is -0.721. The third kappa shape index (κ3) is 6.35. The Bertz CT molecular complexity index is 1590. The maximum atomic E-state index is 14.1. The highest BCUT2D eigenvalue weighted by Crippen LogP contribution is 2.45. The molecule has 1 spiro atoms. The Labute approximate surface area is 270 Å². The first-order chi connectivity index (χ1) is 22.3. The van der Waals surface area contributed by atoms with Gasteiger partial charge in [0.2, 0.25) is 5.91 Å². The summed E-state index contributed by atoms with van der Waals surface area (Å²) in [5, 5.41) is 10.2. The van der Waals surface area contributed by atoms with Crippen LogP contribution in [0.4, 0.5) is 21.9 Å². The van der Waals surface area contributed by atoms with Crippen LogP contribution in [0.1, 0.15) is 35.1 Å². The average molecular weight is 623 g/mol. The molecule has 3 aromatic rings. The topological polar surface area (TPSA) is 114 Å². The fraction of sp³-hybridized carbons (Fsp3) is 0.371. The minimum absolute atomic E-state index is 0.0756. The first kappa shape index (κ1) is 30.9. The number of para-hydroxylation sites is 1. The molecule has 11 nitrogen and oxygen atoms in total. The number of piperazine rings is 1. The fourth-order valence-electron chi connectivity index (χ4n) is 6.96. The largest absolute Gasteiger partial charge is 0.468 e. The normalized spacial score (nSPS) is 17.8. The second-order valence-corrected chi connectivity index (χ2v) is 12.3. The Hall–Kier alpha value is -5.06. The number of likely N-dealkylation sites (tertiary alicyclic amines) is 1. The summed E-state index contributed by atoms with van der Waals surface area (Å²) >= 11 is 0. The van der Waals surface area contributed by atoms with Crippen molar-refractivity contribution in [2.45, 2.75) is 44.8 Å². The standard InChI is InChI=1S/C35H42N8O3/c1-24-21-27(22-25(2)32(24)40-36-4)23-31(33(44)42-19-17-41(18-20-42)28-9-13-37-14-10-28)39-34(45)43-15-11-35(12-16-43)29-7-5-6-8-30(29)38-26(3)46-35/h5-10,13-14,21-22,31,38,40H,3-4,11-12,15-20,23H2,1-2H3,(H,39,45). The van der Waals surface area contributed by atoms with Crippen molar-refractivity contribution >= 4 is 35.7 Å². The monoisotopic (exact) mass is 622 g/mol. The fourth-order valence-corrected chi connectivity index (χ4v) is 6.96. The van der Waals surface area contributed by atoms with Crippen molar-refractivity contribution in [1.82, 2.24) is 20.1 Å². The number of aryl methyl sites for hydroxylation is 2. The van der Waals surface area contributed by atoms with Crippen molar-refractivity contribution in [1.29, 1.82) is 0 Å². The molecule has 0 bridgehead atoms. The lowest BCUT2D eigenvalue weighted by Crippen LogP contribution is -2.58. The van der Waals surface area contributed by atoms with Crippen LogP contribution in [0.3, 0.4) is 0 Å². The maximum absolute atomic E-state index is 14.1. The quantitative estimate of drug-likeness (QED) is 0.261. The summed E-state index contributed by atoms with van der Waals surface area (Å²) in [6, 6.07) is 15.2. The Morgan fingerprint density at radius 1 is 1.00 bits per heavy atom. The highest BCUT2D eigenvalue weighted by molar-refractivity contribution is 5.88. The van der Waals surface area contributed by atoms with E-state index in [1.165, 1.54) is 0 Å². The molecule has 3 N–H and O–H groups in total. The molecule has 240 valence electrons. The summed E-state index contributed by atoms with van der Waals surface area (Å²) in [5.41, 5.74) is 9.43. The number of hydrogen-bond acceptors (Lipinski definition) is 8. The number of nitrogens with zero attached hydrogens (tertiary/aromatic N) is 5. The van der Waals surface area contributed by atoms with Crippen molar-refractivity contribution < 1.29 is 14.3 Å². The molecular weight excluding hydrogens is 580 g/mol. The van der Waals surface area contributed by atoms with E-state index in [9.17, 15) is 9.59 Å². The van der Waals surface area contributed by atoms with Crippen LogP contribution in [0.15, 0.2) is 78.5 Å². The zero-order valence-electron chi connectivity index (χ0n) is 26.6. The molecule has 6 rings (SSSR count). The number of rotatable bonds is 7. The van der Waals surface area contributed by atoms with E-state index in [1.54, 1.807) is 17.3 Å². The van der Waals surface area contributed by atoms with Crippen LogP contribution in [0, 0.1) is 13.8 Å². The molecule has 3 amide bonds. The Kier molecular flexibility index (Phi) is 8.83. The highest BCUT2D eigenvalue weighted by Gasteiger charge is 2.44. The predicted octanol–water partition coefficient (Wildman–Crippen LogP) is 4.60. The number of urea groups is 1. The lowest BCUT2D eigenvalue weighted by atomic mass is 9.82. The van der Waals surface area contributed by atoms with Gasteiger partial charge in [-0.15, -0.1) is 0 Å². The second-order valence-electron chi connectivity index (χ2n) is 12.3. The molecule has 2 aromatic carbocycles. The molecule has 11 heteroatoms. The van der Waals surface area contributed by atoms with Crippen molar-refractivity contribution in [3.05, 3.63) is 95.6 Å². The van der Waals surface area contributed by atoms with Crippen molar-refractivity contribution in [3.63, 3.8) is 0 Å². The zero-order valence-corrected chi connectivity index (χ0v) is 26.6. The average Bonchev–Trinajstić information content (AvgIpc) is 3.06. The van der Waals surface area contributed by atoms with Crippen molar-refractivity contribution in [2.75, 3.05) is 54.9 Å². The van der Waals surface area contributed by atoms with Crippen molar-refractivity contribution in [3.8, 4) is 0 Å². The third-order valence-corrected chi connectivity index (χ3v) is 9.31. The molecule has 0 radical (unpaired) electrons. The number of benzene rings is 2. The van der Waals surface area contributed by atoms with E-state index in [4.69, 9.17) is 4.74 Å². The van der Waals surface area contributed by atoms with Gasteiger partial charge in [0.05, 0.1) is 5.69 Å². The van der Waals surface area contributed by atoms with Gasteiger partial charge in [-0.1, -0.05) is 30.3 Å². The van der Waals surface area contributed by atoms with Gasteiger partial charge >= 0.3 is 6.03 Å². The first-order valence-corrected chi connectivity index (χ1v) is 15.8. The van der Waals surface area contributed by atoms with Crippen LogP contribution in [0.5, 0.6) is 0 Å². The number of carbonyl (C=O) groups is 2. The number of nitrogens with one attached hydrogen (secondary N) is 3. The van der Waals surface area contributed by atoms with Gasteiger partial charge in [0.1, 0.15) is 11.6 Å². The molecule has 1 unspecified atom stereocenters. The summed E-state index contributed by atoms with van der Waals surface area (Å²) in [7, 11) is 0. The first-order valence-electron chi connectivity index (χ1n) is 15.8. The molecule has 1 aromatic heterocycles. The van der Waals surface area contributed by atoms with E-state index in [-0.39, 0.29) is 11.9 Å². The van der Waals surface area contributed by atoms with Gasteiger partial charge in [-0.2, -0.15) is 5.10 Å². The molecule has 1 atom stereocenters. The number of fused-ring (bicyclic) bond motifs is 2. The van der Waals surface area contributed by atoms with Gasteiger partial charge in [0, 0.05) is 94.6 Å². The summed E-state index contributed by atoms with van der Waals surface area (Å²) < 4.78 is 6.29. The summed E-state index contributed by atoms with van der Waals surface area (Å²) in [5.74, 6) is 0.440. The van der Waals surface area contributed by atoms with Crippen LogP contribution in [0.2, 0.25) is 0 Å². The van der Waals surface area contributed by atoms with E-state index < -0.39 is 11.6 Å². The number of aromatic nitrogens is 1. The van der Waals surface area contributed by atoms with E-state index in [0.717, 1.165) is 39.3 Å². The van der Waals surface area contributed by atoms with Gasteiger partial charge in [0.15, 0.2) is 5.88 Å². The van der Waals surface area contributed by atoms with Crippen molar-refractivity contribution in [2.24, 2.45) is 5.10 Å². The number of piperidine rings is 1. The number of hydrazone groups is 1. The molecule has 0 saturated carbocycles. The van der Waals surface area contributed by atoms with Gasteiger partial charge in [-0.05, 0) is 55.3 Å². The third-order valence-electron chi connectivity index (χ3n) is 9.31. The maximum Gasteiger partial charge on any atom is 0.318 e. The van der Waals surface area contributed by atoms with Gasteiger partial charge in [-0.25, -0.2) is 4.79 Å². The zero-order chi connectivity index (χ0) is 32.3. The van der Waals surface area contributed by atoms with Gasteiger partial charge < -0.3 is 30.1 Å². The van der Waals surface area contributed by atoms with E-state index >= 15 is 0 Å². The van der Waals surface area contributed by atoms with Crippen LogP contribution >= 0.6 is 0 Å². The van der Waals surface area contributed by atoms with Gasteiger partial charge in [-0.3, -0.25) is 15.2 Å². The predicted molar refractivity (Wildman–Crippen MR) is 181 cm³/mol. The van der Waals surface area contributed by atoms with E-state index in [1.807, 2.05) is 61.2 Å². The van der Waals surface area contributed by atoms with Crippen LogP contribution in [-0.4, -0.2) is 78.7 Å². The molecule has 3 aliphatic heterocycles. The van der Waals surface area contributed by atoms with Gasteiger partial charge in [0.25, 0.3) is 0 Å². The smallest absolute Gasteiger partial charge is 0.318 e. The lowest BCUT2D eigenvalue weighted by Gasteiger charge is -2.45. The lowest BCUT2D eigenvalue weighted by molar-refractivity contribution is -0.133. The number of ether oxygens (including phenoxy) is 1. The van der Waals surface area contributed by atoms with Crippen LogP contribution in [0.25, 0.3) is 0 Å². The summed E-state index contributed by atoms with van der Waals surface area (Å²) in [6.07, 6.45) is 5.18. The van der Waals surface area contributed by atoms with E-state index in [0.29, 0.717) is 64.4 Å². The Morgan fingerprint density at radius 2 is 1.67 bits per heavy atom. The molecule has 0 aliphatic carbocycles. The number of anilines is 3. The van der Waals surface area contributed by atoms with E-state index in [2.05, 4.69) is 50.4 Å². The molecule has 2 saturated heterocycles. The minimum Gasteiger partial charge on any atom is -0.468 e. The molecular formula is C35H42N8O3. The Morgan fingerprint density at radius 3 is 2.35 bits per heavy atom. The summed E-state index contributed by atoms with van der Waals surface area (Å²) in [4.78, 5) is 38.0. The summed E-state index contributed by atoms with van der Waals surface area (Å²) in [6.45, 7) is 15.1. The van der Waals surface area contributed by atoms with Crippen LogP contribution in [-0.2, 0) is 21.6 Å². The number of pyridine rings is 1. The Balaban J connectivity index is 1.17. The van der Waals surface area contributed by atoms with Crippen LogP contribution < -0.4 is 21.0 Å². The SMILES string of the molecule is C=NNc1c(C)cc(CC(NC(=O)N2CCC3(CC2)OC(=C)Nc2ccccc23)C(=O)N2CCN(c3ccncc3)CC2)cc1C. The molecule has 3 aliphatic rings. The molecule has 2 fully saturated rings. The highest BCUT2D eigenvalue weighted by atomic mass is 16.5. The number of hydrogen-bond donors (Lipinski definition) is 3. The molecule has 46 heavy (non-hydrogen) atoms. The number of amides is 3. The molecule has 4 heterocycles. The second kappa shape index (κ2) is 13.1. The number of carbonyl (C=O) groups excluding carboxylic acids is 2.